The largest absolute Gasteiger partial charge is 0.486 e. The number of ketones is 1. The molecule has 0 bridgehead atoms. The van der Waals surface area contributed by atoms with Gasteiger partial charge >= 0.3 is 0 Å². The van der Waals surface area contributed by atoms with Crippen molar-refractivity contribution in [1.82, 2.24) is 0 Å². The molecule has 1 aliphatic rings. The fourth-order valence-corrected chi connectivity index (χ4v) is 3.84. The highest BCUT2D eigenvalue weighted by atomic mass is 32.1. The van der Waals surface area contributed by atoms with Gasteiger partial charge in [0.1, 0.15) is 5.00 Å². The Hall–Kier alpha value is -1.23. The van der Waals surface area contributed by atoms with Gasteiger partial charge in [-0.25, -0.2) is 0 Å². The van der Waals surface area contributed by atoms with Crippen molar-refractivity contribution in [3.63, 3.8) is 0 Å². The Labute approximate surface area is 131 Å². The maximum absolute atomic E-state index is 11.8. The van der Waals surface area contributed by atoms with E-state index in [4.69, 9.17) is 10.5 Å². The van der Waals surface area contributed by atoms with Crippen molar-refractivity contribution < 1.29 is 9.53 Å². The molecular weight excluding hydrogens is 284 g/mol. The molecule has 0 aromatic carbocycles. The minimum atomic E-state index is 0.0111. The molecule has 0 radical (unpaired) electrons. The Bertz CT molecular complexity index is 523. The first-order valence-corrected chi connectivity index (χ1v) is 8.47. The van der Waals surface area contributed by atoms with Crippen molar-refractivity contribution in [2.75, 3.05) is 23.7 Å². The molecule has 0 aliphatic carbocycles. The van der Waals surface area contributed by atoms with Gasteiger partial charge in [-0.2, -0.15) is 0 Å². The number of anilines is 2. The number of nitrogen functional groups attached to an aromatic ring is 1. The Balaban J connectivity index is 2.34. The van der Waals surface area contributed by atoms with E-state index in [1.807, 2.05) is 13.8 Å². The van der Waals surface area contributed by atoms with E-state index in [0.29, 0.717) is 28.1 Å². The van der Waals surface area contributed by atoms with Crippen LogP contribution in [-0.4, -0.2) is 25.0 Å². The van der Waals surface area contributed by atoms with Crippen LogP contribution in [0.25, 0.3) is 0 Å². The Morgan fingerprint density at radius 1 is 1.38 bits per heavy atom. The van der Waals surface area contributed by atoms with E-state index in [1.165, 1.54) is 17.8 Å². The molecule has 1 aliphatic heterocycles. The maximum Gasteiger partial charge on any atom is 0.177 e. The fourth-order valence-electron chi connectivity index (χ4n) is 2.75. The zero-order valence-corrected chi connectivity index (χ0v) is 14.4. The van der Waals surface area contributed by atoms with Gasteiger partial charge in [0, 0.05) is 20.0 Å². The number of carbonyl (C=O) groups is 1. The topological polar surface area (TPSA) is 55.6 Å². The number of thiophene rings is 1. The summed E-state index contributed by atoms with van der Waals surface area (Å²) < 4.78 is 5.91. The van der Waals surface area contributed by atoms with Gasteiger partial charge in [0.15, 0.2) is 11.5 Å². The van der Waals surface area contributed by atoms with Crippen molar-refractivity contribution in [3.05, 3.63) is 4.88 Å². The summed E-state index contributed by atoms with van der Waals surface area (Å²) in [5, 5.41) is 1.02. The first-order valence-electron chi connectivity index (χ1n) is 7.66. The number of carbonyl (C=O) groups excluding carboxylic acids is 1. The second kappa shape index (κ2) is 6.26. The fraction of sp³-hybridized carbons (Fsp3) is 0.688. The lowest BCUT2D eigenvalue weighted by Crippen LogP contribution is -2.21. The van der Waals surface area contributed by atoms with Crippen molar-refractivity contribution in [3.8, 4) is 5.75 Å². The number of nitrogens with zero attached hydrogens (tertiary/aromatic N) is 1. The molecule has 1 aromatic rings. The lowest BCUT2D eigenvalue weighted by Gasteiger charge is -2.21. The number of ether oxygens (including phenoxy) is 1. The summed E-state index contributed by atoms with van der Waals surface area (Å²) in [6.07, 6.45) is 1.23. The van der Waals surface area contributed by atoms with E-state index < -0.39 is 0 Å². The molecule has 1 atom stereocenters. The molecule has 2 rings (SSSR count). The van der Waals surface area contributed by atoms with Crippen molar-refractivity contribution in [2.45, 2.75) is 47.1 Å². The molecule has 0 spiro atoms. The molecule has 1 aromatic heterocycles. The maximum atomic E-state index is 11.8. The van der Waals surface area contributed by atoms with E-state index >= 15 is 0 Å². The highest BCUT2D eigenvalue weighted by Crippen LogP contribution is 2.47. The van der Waals surface area contributed by atoms with Gasteiger partial charge < -0.3 is 15.4 Å². The van der Waals surface area contributed by atoms with Gasteiger partial charge in [-0.3, -0.25) is 4.79 Å². The van der Waals surface area contributed by atoms with Crippen molar-refractivity contribution in [2.24, 2.45) is 11.8 Å². The summed E-state index contributed by atoms with van der Waals surface area (Å²) in [5.41, 5.74) is 6.66. The molecule has 1 fully saturated rings. The number of rotatable bonds is 5. The van der Waals surface area contributed by atoms with Gasteiger partial charge in [-0.1, -0.05) is 13.8 Å². The van der Waals surface area contributed by atoms with Crippen LogP contribution in [0.4, 0.5) is 10.7 Å². The highest BCUT2D eigenvalue weighted by Gasteiger charge is 2.31. The van der Waals surface area contributed by atoms with E-state index in [2.05, 4.69) is 18.7 Å². The van der Waals surface area contributed by atoms with Gasteiger partial charge in [0.2, 0.25) is 0 Å². The third kappa shape index (κ3) is 3.34. The Morgan fingerprint density at radius 3 is 2.52 bits per heavy atom. The molecular formula is C16H26N2O2S. The summed E-state index contributed by atoms with van der Waals surface area (Å²) in [5.74, 6) is 2.08. The molecule has 5 heteroatoms. The first-order chi connectivity index (χ1) is 9.81. The number of nitrogens with two attached hydrogens (primary N) is 1. The minimum absolute atomic E-state index is 0.0111. The normalized spacial score (nSPS) is 18.8. The molecule has 2 heterocycles. The Morgan fingerprint density at radius 2 is 2.05 bits per heavy atom. The van der Waals surface area contributed by atoms with Gasteiger partial charge in [0.05, 0.1) is 16.7 Å². The Kier molecular flexibility index (Phi) is 4.81. The summed E-state index contributed by atoms with van der Waals surface area (Å²) in [7, 11) is 0. The summed E-state index contributed by atoms with van der Waals surface area (Å²) in [6.45, 7) is 12.1. The zero-order valence-electron chi connectivity index (χ0n) is 13.6. The van der Waals surface area contributed by atoms with Gasteiger partial charge in [-0.15, -0.1) is 11.3 Å². The summed E-state index contributed by atoms with van der Waals surface area (Å²) >= 11 is 1.47. The number of hydrogen-bond donors (Lipinski definition) is 1. The molecule has 0 saturated carbocycles. The predicted octanol–water partition coefficient (Wildman–Crippen LogP) is 3.80. The third-order valence-electron chi connectivity index (χ3n) is 4.01. The van der Waals surface area contributed by atoms with Crippen LogP contribution >= 0.6 is 11.3 Å². The van der Waals surface area contributed by atoms with Crippen molar-refractivity contribution >= 4 is 27.8 Å². The molecule has 21 heavy (non-hydrogen) atoms. The predicted molar refractivity (Wildman–Crippen MR) is 89.7 cm³/mol. The van der Waals surface area contributed by atoms with E-state index in [-0.39, 0.29) is 11.9 Å². The second-order valence-electron chi connectivity index (χ2n) is 6.44. The van der Waals surface area contributed by atoms with Crippen LogP contribution in [0.2, 0.25) is 0 Å². The summed E-state index contributed by atoms with van der Waals surface area (Å²) in [6, 6.07) is 0. The van der Waals surface area contributed by atoms with Gasteiger partial charge in [-0.05, 0) is 32.1 Å². The zero-order chi connectivity index (χ0) is 15.7. The van der Waals surface area contributed by atoms with Crippen LogP contribution in [-0.2, 0) is 0 Å². The third-order valence-corrected chi connectivity index (χ3v) is 5.36. The van der Waals surface area contributed by atoms with E-state index in [9.17, 15) is 4.79 Å². The number of hydrogen-bond acceptors (Lipinski definition) is 5. The van der Waals surface area contributed by atoms with Crippen LogP contribution in [0, 0.1) is 11.8 Å². The monoisotopic (exact) mass is 310 g/mol. The number of Topliss-reactive ketones (excluding diaryl/α,β-unsaturated/α-hetero) is 1. The lowest BCUT2D eigenvalue weighted by atomic mass is 9.95. The molecule has 2 N–H and O–H groups in total. The average molecular weight is 310 g/mol. The highest BCUT2D eigenvalue weighted by molar-refractivity contribution is 7.19. The van der Waals surface area contributed by atoms with E-state index in [1.54, 1.807) is 6.92 Å². The van der Waals surface area contributed by atoms with Crippen LogP contribution in [0.3, 0.4) is 0 Å². The standard InChI is InChI=1S/C16H26N2O2S/c1-9(2)12-6-7-18(8-12)16-14(20-10(3)4)13(17)15(21-16)11(5)19/h9-10,12H,6-8,17H2,1-5H3. The molecule has 0 amide bonds. The lowest BCUT2D eigenvalue weighted by molar-refractivity contribution is 0.102. The SMILES string of the molecule is CC(=O)c1sc(N2CCC(C(C)C)C2)c(OC(C)C)c1N. The van der Waals surface area contributed by atoms with Crippen LogP contribution in [0.1, 0.15) is 50.7 Å². The molecule has 1 saturated heterocycles. The minimum Gasteiger partial charge on any atom is -0.486 e. The van der Waals surface area contributed by atoms with Crippen LogP contribution in [0.5, 0.6) is 5.75 Å². The van der Waals surface area contributed by atoms with Crippen LogP contribution in [0.15, 0.2) is 0 Å². The van der Waals surface area contributed by atoms with Crippen molar-refractivity contribution in [1.29, 1.82) is 0 Å². The summed E-state index contributed by atoms with van der Waals surface area (Å²) in [4.78, 5) is 14.7. The second-order valence-corrected chi connectivity index (χ2v) is 7.44. The van der Waals surface area contributed by atoms with Gasteiger partial charge in [0.25, 0.3) is 0 Å². The smallest absolute Gasteiger partial charge is 0.177 e. The molecule has 4 nitrogen and oxygen atoms in total. The quantitative estimate of drug-likeness (QED) is 0.840. The first kappa shape index (κ1) is 16.1. The average Bonchev–Trinajstić information content (AvgIpc) is 2.95. The van der Waals surface area contributed by atoms with E-state index in [0.717, 1.165) is 18.1 Å². The molecule has 1 unspecified atom stereocenters. The van der Waals surface area contributed by atoms with Crippen LogP contribution < -0.4 is 15.4 Å². The molecule has 118 valence electrons.